The van der Waals surface area contributed by atoms with Crippen LogP contribution in [-0.4, -0.2) is 25.1 Å². The Morgan fingerprint density at radius 2 is 2.00 bits per heavy atom. The highest BCUT2D eigenvalue weighted by molar-refractivity contribution is 5.73. The highest BCUT2D eigenvalue weighted by Crippen LogP contribution is 2.21. The summed E-state index contributed by atoms with van der Waals surface area (Å²) in [6.07, 6.45) is 1.88. The summed E-state index contributed by atoms with van der Waals surface area (Å²) in [6, 6.07) is 0. The number of esters is 1. The summed E-state index contributed by atoms with van der Waals surface area (Å²) < 4.78 is 4.64. The lowest BCUT2D eigenvalue weighted by Crippen LogP contribution is -2.29. The van der Waals surface area contributed by atoms with Crippen molar-refractivity contribution in [2.75, 3.05) is 13.2 Å². The Labute approximate surface area is 95.8 Å². The molecule has 92 valence electrons. The molecule has 0 amide bonds. The van der Waals surface area contributed by atoms with Crippen LogP contribution in [0.5, 0.6) is 0 Å². The van der Waals surface area contributed by atoms with Crippen molar-refractivity contribution in [3.05, 3.63) is 12.7 Å². The van der Waals surface area contributed by atoms with Crippen molar-refractivity contribution in [1.29, 1.82) is 0 Å². The predicted octanol–water partition coefficient (Wildman–Crippen LogP) is 1.20. The summed E-state index contributed by atoms with van der Waals surface area (Å²) in [4.78, 5) is 26.8. The Hall–Kier alpha value is -1.36. The molecule has 0 aliphatic carbocycles. The second kappa shape index (κ2) is 7.00. The minimum absolute atomic E-state index is 0.145. The lowest BCUT2D eigenvalue weighted by atomic mass is 9.90. The van der Waals surface area contributed by atoms with Gasteiger partial charge in [-0.3, -0.25) is 9.59 Å². The van der Waals surface area contributed by atoms with E-state index >= 15 is 0 Å². The highest BCUT2D eigenvalue weighted by atomic mass is 16.7. The van der Waals surface area contributed by atoms with E-state index in [4.69, 9.17) is 0 Å². The summed E-state index contributed by atoms with van der Waals surface area (Å²) >= 11 is 0. The van der Waals surface area contributed by atoms with Crippen LogP contribution in [-0.2, 0) is 19.2 Å². The Bertz CT molecular complexity index is 261. The SMILES string of the molecule is C=CC(C)(C)CC(=O)ONCC(=O)OCC. The first-order valence-corrected chi connectivity index (χ1v) is 5.13. The van der Waals surface area contributed by atoms with Gasteiger partial charge in [0, 0.05) is 0 Å². The van der Waals surface area contributed by atoms with Gasteiger partial charge < -0.3 is 9.57 Å². The van der Waals surface area contributed by atoms with Gasteiger partial charge >= 0.3 is 11.9 Å². The van der Waals surface area contributed by atoms with Crippen molar-refractivity contribution in [2.45, 2.75) is 27.2 Å². The van der Waals surface area contributed by atoms with Crippen LogP contribution >= 0.6 is 0 Å². The normalized spacial score (nSPS) is 10.7. The standard InChI is InChI=1S/C11H19NO4/c1-5-11(3,4)7-9(13)16-12-8-10(14)15-6-2/h5,12H,1,6-8H2,2-4H3. The maximum atomic E-state index is 11.3. The smallest absolute Gasteiger partial charge is 0.325 e. The van der Waals surface area contributed by atoms with Crippen molar-refractivity contribution in [1.82, 2.24) is 5.48 Å². The van der Waals surface area contributed by atoms with Gasteiger partial charge in [-0.1, -0.05) is 19.9 Å². The Balaban J connectivity index is 3.74. The van der Waals surface area contributed by atoms with Gasteiger partial charge in [-0.2, -0.15) is 0 Å². The van der Waals surface area contributed by atoms with E-state index in [-0.39, 0.29) is 18.4 Å². The van der Waals surface area contributed by atoms with E-state index in [1.54, 1.807) is 13.0 Å². The average Bonchev–Trinajstić information content (AvgIpc) is 2.17. The van der Waals surface area contributed by atoms with Gasteiger partial charge in [0.1, 0.15) is 6.54 Å². The van der Waals surface area contributed by atoms with E-state index in [2.05, 4.69) is 21.6 Å². The van der Waals surface area contributed by atoms with Crippen LogP contribution in [0.25, 0.3) is 0 Å². The van der Waals surface area contributed by atoms with Crippen molar-refractivity contribution >= 4 is 11.9 Å². The number of allylic oxidation sites excluding steroid dienone is 1. The fourth-order valence-corrected chi connectivity index (χ4v) is 0.868. The first-order valence-electron chi connectivity index (χ1n) is 5.13. The van der Waals surface area contributed by atoms with Crippen LogP contribution < -0.4 is 5.48 Å². The summed E-state index contributed by atoms with van der Waals surface area (Å²) in [7, 11) is 0. The van der Waals surface area contributed by atoms with Crippen molar-refractivity contribution in [2.24, 2.45) is 5.41 Å². The van der Waals surface area contributed by atoms with Crippen molar-refractivity contribution in [3.63, 3.8) is 0 Å². The van der Waals surface area contributed by atoms with Gasteiger partial charge in [0.15, 0.2) is 0 Å². The predicted molar refractivity (Wildman–Crippen MR) is 59.3 cm³/mol. The van der Waals surface area contributed by atoms with Gasteiger partial charge in [-0.05, 0) is 12.3 Å². The van der Waals surface area contributed by atoms with Crippen LogP contribution in [0.1, 0.15) is 27.2 Å². The molecular weight excluding hydrogens is 210 g/mol. The van der Waals surface area contributed by atoms with Gasteiger partial charge in [0.2, 0.25) is 0 Å². The minimum Gasteiger partial charge on any atom is -0.465 e. The molecule has 5 heteroatoms. The van der Waals surface area contributed by atoms with Gasteiger partial charge in [-0.25, -0.2) is 0 Å². The Kier molecular flexibility index (Phi) is 6.41. The molecule has 16 heavy (non-hydrogen) atoms. The lowest BCUT2D eigenvalue weighted by Gasteiger charge is -2.17. The zero-order valence-electron chi connectivity index (χ0n) is 10.0. The molecule has 0 unspecified atom stereocenters. The molecule has 0 aliphatic rings. The first kappa shape index (κ1) is 14.6. The largest absolute Gasteiger partial charge is 0.465 e. The lowest BCUT2D eigenvalue weighted by molar-refractivity contribution is -0.156. The number of rotatable bonds is 7. The molecule has 0 heterocycles. The molecule has 0 aromatic carbocycles. The van der Waals surface area contributed by atoms with Crippen LogP contribution in [0.4, 0.5) is 0 Å². The number of hydroxylamine groups is 1. The van der Waals surface area contributed by atoms with E-state index < -0.39 is 11.9 Å². The third kappa shape index (κ3) is 7.00. The van der Waals surface area contributed by atoms with E-state index in [9.17, 15) is 9.59 Å². The number of hydrogen-bond acceptors (Lipinski definition) is 5. The molecule has 0 saturated heterocycles. The molecule has 5 nitrogen and oxygen atoms in total. The molecule has 0 aromatic heterocycles. The quantitative estimate of drug-likeness (QED) is 0.403. The Morgan fingerprint density at radius 3 is 2.50 bits per heavy atom. The maximum absolute atomic E-state index is 11.3. The van der Waals surface area contributed by atoms with Crippen molar-refractivity contribution < 1.29 is 19.2 Å². The highest BCUT2D eigenvalue weighted by Gasteiger charge is 2.19. The van der Waals surface area contributed by atoms with E-state index in [0.29, 0.717) is 6.61 Å². The van der Waals surface area contributed by atoms with Crippen LogP contribution in [0, 0.1) is 5.41 Å². The van der Waals surface area contributed by atoms with E-state index in [0.717, 1.165) is 0 Å². The van der Waals surface area contributed by atoms with Crippen molar-refractivity contribution in [3.8, 4) is 0 Å². The van der Waals surface area contributed by atoms with Gasteiger partial charge in [0.25, 0.3) is 0 Å². The zero-order valence-corrected chi connectivity index (χ0v) is 10.0. The molecule has 1 N–H and O–H groups in total. The third-order valence-corrected chi connectivity index (χ3v) is 1.86. The molecule has 0 aliphatic heterocycles. The zero-order chi connectivity index (χ0) is 12.6. The van der Waals surface area contributed by atoms with E-state index in [1.807, 2.05) is 13.8 Å². The average molecular weight is 229 g/mol. The van der Waals surface area contributed by atoms with Crippen LogP contribution in [0.2, 0.25) is 0 Å². The molecule has 0 rings (SSSR count). The molecule has 0 saturated carbocycles. The molecule has 0 atom stereocenters. The number of carbonyl (C=O) groups is 2. The number of nitrogens with one attached hydrogen (secondary N) is 1. The molecule has 0 fully saturated rings. The Morgan fingerprint density at radius 1 is 1.38 bits per heavy atom. The molecule has 0 bridgehead atoms. The minimum atomic E-state index is -0.460. The van der Waals surface area contributed by atoms with Gasteiger partial charge in [-0.15, -0.1) is 12.1 Å². The monoisotopic (exact) mass is 229 g/mol. The summed E-state index contributed by atoms with van der Waals surface area (Å²) in [5, 5.41) is 0. The summed E-state index contributed by atoms with van der Waals surface area (Å²) in [5.74, 6) is -0.896. The second-order valence-corrected chi connectivity index (χ2v) is 3.97. The van der Waals surface area contributed by atoms with E-state index in [1.165, 1.54) is 0 Å². The van der Waals surface area contributed by atoms with Crippen LogP contribution in [0.3, 0.4) is 0 Å². The molecule has 0 radical (unpaired) electrons. The number of hydrogen-bond donors (Lipinski definition) is 1. The maximum Gasteiger partial charge on any atom is 0.325 e. The first-order chi connectivity index (χ1) is 7.41. The fourth-order valence-electron chi connectivity index (χ4n) is 0.868. The topological polar surface area (TPSA) is 64.6 Å². The summed E-state index contributed by atoms with van der Waals surface area (Å²) in [6.45, 7) is 9.21. The summed E-state index contributed by atoms with van der Waals surface area (Å²) in [5.41, 5.74) is 1.94. The number of carbonyl (C=O) groups excluding carboxylic acids is 2. The van der Waals surface area contributed by atoms with Crippen LogP contribution in [0.15, 0.2) is 12.7 Å². The second-order valence-electron chi connectivity index (χ2n) is 3.97. The number of ether oxygens (including phenoxy) is 1. The fraction of sp³-hybridized carbons (Fsp3) is 0.636. The molecular formula is C11H19NO4. The third-order valence-electron chi connectivity index (χ3n) is 1.86. The van der Waals surface area contributed by atoms with Gasteiger partial charge in [0.05, 0.1) is 13.0 Å². The molecule has 0 spiro atoms. The molecule has 0 aromatic rings.